The van der Waals surface area contributed by atoms with Crippen molar-refractivity contribution in [3.8, 4) is 0 Å². The van der Waals surface area contributed by atoms with Crippen molar-refractivity contribution in [3.63, 3.8) is 0 Å². The summed E-state index contributed by atoms with van der Waals surface area (Å²) in [7, 11) is 0. The van der Waals surface area contributed by atoms with Crippen LogP contribution in [0.2, 0.25) is 0 Å². The molecule has 0 aromatic heterocycles. The Labute approximate surface area is 119 Å². The lowest BCUT2D eigenvalue weighted by Crippen LogP contribution is -2.24. The first-order valence-corrected chi connectivity index (χ1v) is 6.78. The number of amides is 1. The summed E-state index contributed by atoms with van der Waals surface area (Å²) < 4.78 is 0. The summed E-state index contributed by atoms with van der Waals surface area (Å²) in [5.41, 5.74) is 1.82. The molecular formula is C16H21NO3. The van der Waals surface area contributed by atoms with Crippen LogP contribution in [0.15, 0.2) is 30.3 Å². The van der Waals surface area contributed by atoms with Crippen LogP contribution >= 0.6 is 0 Å². The summed E-state index contributed by atoms with van der Waals surface area (Å²) in [4.78, 5) is 22.0. The van der Waals surface area contributed by atoms with Crippen molar-refractivity contribution < 1.29 is 14.7 Å². The maximum atomic E-state index is 11.6. The van der Waals surface area contributed by atoms with Gasteiger partial charge in [-0.1, -0.05) is 44.5 Å². The Balaban J connectivity index is 2.45. The molecule has 0 fully saturated rings. The molecule has 0 saturated heterocycles. The van der Waals surface area contributed by atoms with E-state index in [9.17, 15) is 9.59 Å². The second-order valence-electron chi connectivity index (χ2n) is 4.91. The van der Waals surface area contributed by atoms with Crippen LogP contribution in [0.3, 0.4) is 0 Å². The largest absolute Gasteiger partial charge is 0.478 e. The van der Waals surface area contributed by atoms with Gasteiger partial charge in [-0.25, -0.2) is 4.79 Å². The summed E-state index contributed by atoms with van der Waals surface area (Å²) >= 11 is 0. The van der Waals surface area contributed by atoms with Gasteiger partial charge in [0.15, 0.2) is 0 Å². The topological polar surface area (TPSA) is 66.4 Å². The maximum Gasteiger partial charge on any atom is 0.328 e. The Morgan fingerprint density at radius 3 is 2.50 bits per heavy atom. The third kappa shape index (κ3) is 6.18. The first-order valence-electron chi connectivity index (χ1n) is 6.78. The second-order valence-corrected chi connectivity index (χ2v) is 4.91. The Hall–Kier alpha value is -2.10. The fourth-order valence-corrected chi connectivity index (χ4v) is 1.65. The molecule has 1 aromatic rings. The highest BCUT2D eigenvalue weighted by Crippen LogP contribution is 2.08. The van der Waals surface area contributed by atoms with E-state index >= 15 is 0 Å². The lowest BCUT2D eigenvalue weighted by atomic mass is 10.0. The van der Waals surface area contributed by atoms with Gasteiger partial charge in [-0.3, -0.25) is 4.79 Å². The van der Waals surface area contributed by atoms with E-state index in [0.717, 1.165) is 23.6 Å². The van der Waals surface area contributed by atoms with Crippen molar-refractivity contribution in [2.75, 3.05) is 0 Å². The number of aliphatic carboxylic acids is 1. The number of carbonyl (C=O) groups is 2. The van der Waals surface area contributed by atoms with E-state index < -0.39 is 5.97 Å². The fraction of sp³-hybridized carbons (Fsp3) is 0.375. The molecule has 1 rings (SSSR count). The average molecular weight is 275 g/mol. The molecule has 0 saturated carbocycles. The Morgan fingerprint density at radius 1 is 1.30 bits per heavy atom. The fourth-order valence-electron chi connectivity index (χ4n) is 1.65. The molecule has 0 radical (unpaired) electrons. The van der Waals surface area contributed by atoms with Crippen molar-refractivity contribution in [1.82, 2.24) is 5.32 Å². The molecule has 0 spiro atoms. The van der Waals surface area contributed by atoms with Crippen LogP contribution < -0.4 is 5.32 Å². The van der Waals surface area contributed by atoms with Crippen molar-refractivity contribution in [3.05, 3.63) is 41.5 Å². The molecule has 1 aromatic carbocycles. The van der Waals surface area contributed by atoms with E-state index in [1.807, 2.05) is 24.3 Å². The highest BCUT2D eigenvalue weighted by atomic mass is 16.4. The monoisotopic (exact) mass is 275 g/mol. The van der Waals surface area contributed by atoms with Gasteiger partial charge in [0.05, 0.1) is 0 Å². The Morgan fingerprint density at radius 2 is 1.95 bits per heavy atom. The zero-order chi connectivity index (χ0) is 15.0. The molecule has 0 bridgehead atoms. The van der Waals surface area contributed by atoms with Crippen molar-refractivity contribution >= 4 is 18.0 Å². The molecule has 4 nitrogen and oxygen atoms in total. The van der Waals surface area contributed by atoms with Gasteiger partial charge in [-0.15, -0.1) is 0 Å². The van der Waals surface area contributed by atoms with Gasteiger partial charge < -0.3 is 10.4 Å². The van der Waals surface area contributed by atoms with Crippen LogP contribution in [-0.2, 0) is 16.1 Å². The highest BCUT2D eigenvalue weighted by molar-refractivity contribution is 5.85. The number of rotatable bonds is 7. The normalized spacial score (nSPS) is 12.3. The quantitative estimate of drug-likeness (QED) is 0.752. The van der Waals surface area contributed by atoms with Gasteiger partial charge in [0.25, 0.3) is 0 Å². The molecule has 0 aliphatic heterocycles. The Kier molecular flexibility index (Phi) is 6.50. The lowest BCUT2D eigenvalue weighted by Gasteiger charge is -2.09. The number of carboxylic acids is 1. The van der Waals surface area contributed by atoms with Crippen LogP contribution in [0.25, 0.3) is 6.08 Å². The smallest absolute Gasteiger partial charge is 0.328 e. The zero-order valence-corrected chi connectivity index (χ0v) is 11.9. The summed E-state index contributed by atoms with van der Waals surface area (Å²) in [6.45, 7) is 4.63. The van der Waals surface area contributed by atoms with E-state index in [-0.39, 0.29) is 5.91 Å². The minimum absolute atomic E-state index is 0.0641. The van der Waals surface area contributed by atoms with Crippen LogP contribution in [0.4, 0.5) is 0 Å². The van der Waals surface area contributed by atoms with Crippen LogP contribution in [0.5, 0.6) is 0 Å². The maximum absolute atomic E-state index is 11.6. The molecule has 4 heteroatoms. The third-order valence-corrected chi connectivity index (χ3v) is 3.12. The highest BCUT2D eigenvalue weighted by Gasteiger charge is 2.06. The Bertz CT molecular complexity index is 477. The first kappa shape index (κ1) is 16.0. The van der Waals surface area contributed by atoms with Crippen LogP contribution in [-0.4, -0.2) is 17.0 Å². The average Bonchev–Trinajstić information content (AvgIpc) is 2.43. The number of hydrogen-bond donors (Lipinski definition) is 2. The van der Waals surface area contributed by atoms with Crippen molar-refractivity contribution in [1.29, 1.82) is 0 Å². The molecule has 1 amide bonds. The predicted molar refractivity (Wildman–Crippen MR) is 79.0 cm³/mol. The first-order chi connectivity index (χ1) is 9.51. The molecule has 0 heterocycles. The number of carboxylic acid groups (broad SMARTS) is 1. The zero-order valence-electron chi connectivity index (χ0n) is 11.9. The van der Waals surface area contributed by atoms with Gasteiger partial charge in [-0.2, -0.15) is 0 Å². The van der Waals surface area contributed by atoms with Crippen molar-refractivity contribution in [2.24, 2.45) is 5.92 Å². The van der Waals surface area contributed by atoms with E-state index in [1.165, 1.54) is 6.08 Å². The van der Waals surface area contributed by atoms with E-state index in [2.05, 4.69) is 19.2 Å². The third-order valence-electron chi connectivity index (χ3n) is 3.12. The number of benzene rings is 1. The van der Waals surface area contributed by atoms with Crippen LogP contribution in [0, 0.1) is 5.92 Å². The molecule has 0 aliphatic carbocycles. The molecule has 108 valence electrons. The van der Waals surface area contributed by atoms with E-state index in [0.29, 0.717) is 18.9 Å². The van der Waals surface area contributed by atoms with Crippen molar-refractivity contribution in [2.45, 2.75) is 33.2 Å². The number of carbonyl (C=O) groups excluding carboxylic acids is 1. The summed E-state index contributed by atoms with van der Waals surface area (Å²) in [6.07, 6.45) is 4.19. The summed E-state index contributed by atoms with van der Waals surface area (Å²) in [5, 5.41) is 11.4. The molecule has 1 unspecified atom stereocenters. The molecule has 20 heavy (non-hydrogen) atoms. The molecule has 2 N–H and O–H groups in total. The molecular weight excluding hydrogens is 254 g/mol. The standard InChI is InChI=1S/C16H21NO3/c1-3-12(2)10-15(18)17-11-14-6-4-13(5-7-14)8-9-16(19)20/h4-9,12H,3,10-11H2,1-2H3,(H,17,18)(H,19,20)/b9-8+. The van der Waals surface area contributed by atoms with Gasteiger partial charge >= 0.3 is 5.97 Å². The van der Waals surface area contributed by atoms with Crippen LogP contribution in [0.1, 0.15) is 37.8 Å². The number of hydrogen-bond acceptors (Lipinski definition) is 2. The van der Waals surface area contributed by atoms with E-state index in [4.69, 9.17) is 5.11 Å². The number of nitrogens with one attached hydrogen (secondary N) is 1. The van der Waals surface area contributed by atoms with Gasteiger partial charge in [0, 0.05) is 19.0 Å². The summed E-state index contributed by atoms with van der Waals surface area (Å²) in [6, 6.07) is 7.42. The lowest BCUT2D eigenvalue weighted by molar-refractivity contribution is -0.131. The van der Waals surface area contributed by atoms with Gasteiger partial charge in [0.2, 0.25) is 5.91 Å². The van der Waals surface area contributed by atoms with E-state index in [1.54, 1.807) is 0 Å². The van der Waals surface area contributed by atoms with Gasteiger partial charge in [0.1, 0.15) is 0 Å². The van der Waals surface area contributed by atoms with Gasteiger partial charge in [-0.05, 0) is 23.1 Å². The molecule has 1 atom stereocenters. The second kappa shape index (κ2) is 8.15. The predicted octanol–water partition coefficient (Wildman–Crippen LogP) is 2.84. The molecule has 0 aliphatic rings. The minimum atomic E-state index is -0.966. The minimum Gasteiger partial charge on any atom is -0.478 e. The summed E-state index contributed by atoms with van der Waals surface area (Å²) in [5.74, 6) is -0.501. The SMILES string of the molecule is CCC(C)CC(=O)NCc1ccc(/C=C/C(=O)O)cc1.